The van der Waals surface area contributed by atoms with Gasteiger partial charge in [-0.2, -0.15) is 0 Å². The molecule has 5 heteroatoms. The van der Waals surface area contributed by atoms with Crippen LogP contribution in [0.4, 0.5) is 34.1 Å². The SMILES string of the molecule is [2H]c1c([2H])c([2H])c2c(c1[2H])c1c([2H])c(-c3ccccc3)c([2H])c([2H])c1n2-c1ccc2c(c1)N(c1c(-c3ccccc3)cc(C(C)(C)C)cc1-c1ccccc1)c1cc(C(C)(C)C)cc3c1B2c1ccc(-n2c4c([2H])c([2H])c([2H])c([2H])c4c4c([2H])c(-c5ccccc5)c([2H])c([2H])c42)cc1N3c1c(-c2cc3ccccc3c3ccccc23)cccc1-c1cc2ccccc2c2ccccc12. The van der Waals surface area contributed by atoms with Crippen LogP contribution in [0, 0.1) is 0 Å². The third-order valence-corrected chi connectivity index (χ3v) is 24.6. The molecule has 21 aromatic rings. The normalized spacial score (nSPS) is 14.4. The Morgan fingerprint density at radius 1 is 0.252 bits per heavy atom. The molecule has 0 amide bonds. The smallest absolute Gasteiger partial charge is 0.252 e. The predicted molar refractivity (Wildman–Crippen MR) is 509 cm³/mol. The van der Waals surface area contributed by atoms with Gasteiger partial charge in [0.05, 0.1) is 52.6 Å². The lowest BCUT2D eigenvalue weighted by Crippen LogP contribution is -2.61. The van der Waals surface area contributed by atoms with Crippen molar-refractivity contribution in [2.45, 2.75) is 52.4 Å². The van der Waals surface area contributed by atoms with Crippen molar-refractivity contribution in [1.82, 2.24) is 9.13 Å². The molecule has 119 heavy (non-hydrogen) atoms. The van der Waals surface area contributed by atoms with Gasteiger partial charge < -0.3 is 18.9 Å². The Labute approximate surface area is 713 Å². The molecule has 2 aliphatic rings. The number of aromatic nitrogens is 2. The zero-order chi connectivity index (χ0) is 91.7. The summed E-state index contributed by atoms with van der Waals surface area (Å²) in [6.07, 6.45) is 0. The number of benzene rings is 19. The zero-order valence-corrected chi connectivity index (χ0v) is 66.3. The molecule has 0 saturated heterocycles. The molecule has 4 heterocycles. The Kier molecular flexibility index (Phi) is 12.9. The van der Waals surface area contributed by atoms with E-state index in [1.165, 1.54) is 0 Å². The van der Waals surface area contributed by atoms with Gasteiger partial charge in [0.15, 0.2) is 0 Å². The van der Waals surface area contributed by atoms with Crippen LogP contribution >= 0.6 is 0 Å². The summed E-state index contributed by atoms with van der Waals surface area (Å²) in [6, 6.07) is 101. The molecule has 23 rings (SSSR count). The molecule has 562 valence electrons. The molecule has 19 aromatic carbocycles. The van der Waals surface area contributed by atoms with Gasteiger partial charge in [-0.3, -0.25) is 0 Å². The van der Waals surface area contributed by atoms with E-state index in [0.717, 1.165) is 138 Å². The van der Waals surface area contributed by atoms with Gasteiger partial charge in [-0.15, -0.1) is 0 Å². The second kappa shape index (κ2) is 27.0. The lowest BCUT2D eigenvalue weighted by Gasteiger charge is -2.46. The largest absolute Gasteiger partial charge is 0.310 e. The van der Waals surface area contributed by atoms with Crippen molar-refractivity contribution >= 4 is 144 Å². The minimum atomic E-state index is -0.780. The van der Waals surface area contributed by atoms with Crippen LogP contribution in [0.2, 0.25) is 0 Å². The number of nitrogens with zero attached hydrogens (tertiary/aromatic N) is 4. The zero-order valence-electron chi connectivity index (χ0n) is 80.3. The molecule has 0 radical (unpaired) electrons. The van der Waals surface area contributed by atoms with Crippen LogP contribution in [0.15, 0.2) is 394 Å². The maximum atomic E-state index is 10.5. The van der Waals surface area contributed by atoms with Gasteiger partial charge in [-0.1, -0.05) is 339 Å². The highest BCUT2D eigenvalue weighted by Gasteiger charge is 2.47. The predicted octanol–water partition coefficient (Wildman–Crippen LogP) is 29.2. The summed E-state index contributed by atoms with van der Waals surface area (Å²) in [5, 5.41) is 8.49. The average molecular weight is 1530 g/mol. The fourth-order valence-corrected chi connectivity index (χ4v) is 19.0. The lowest BCUT2D eigenvalue weighted by molar-refractivity contribution is 0.590. The van der Waals surface area contributed by atoms with Gasteiger partial charge in [0.1, 0.15) is 0 Å². The van der Waals surface area contributed by atoms with E-state index in [0.29, 0.717) is 33.9 Å². The second-order valence-electron chi connectivity index (χ2n) is 33.6. The van der Waals surface area contributed by atoms with Crippen molar-refractivity contribution in [2.75, 3.05) is 9.80 Å². The van der Waals surface area contributed by atoms with Gasteiger partial charge in [0.25, 0.3) is 6.71 Å². The van der Waals surface area contributed by atoms with E-state index >= 15 is 0 Å². The molecule has 2 aromatic heterocycles. The molecule has 0 fully saturated rings. The van der Waals surface area contributed by atoms with Crippen LogP contribution in [0.5, 0.6) is 0 Å². The summed E-state index contributed by atoms with van der Waals surface area (Å²) < 4.78 is 144. The van der Waals surface area contributed by atoms with E-state index in [4.69, 9.17) is 0 Å². The average Bonchev–Trinajstić information content (AvgIpc) is 1.30. The van der Waals surface area contributed by atoms with E-state index in [1.54, 1.807) is 45.5 Å². The highest BCUT2D eigenvalue weighted by Crippen LogP contribution is 2.57. The third-order valence-electron chi connectivity index (χ3n) is 24.6. The third kappa shape index (κ3) is 11.1. The maximum absolute atomic E-state index is 10.5. The van der Waals surface area contributed by atoms with Crippen molar-refractivity contribution in [3.63, 3.8) is 0 Å². The van der Waals surface area contributed by atoms with Crippen molar-refractivity contribution in [2.24, 2.45) is 0 Å². The van der Waals surface area contributed by atoms with Crippen molar-refractivity contribution < 1.29 is 19.2 Å². The minimum Gasteiger partial charge on any atom is -0.310 e. The molecule has 0 saturated carbocycles. The highest BCUT2D eigenvalue weighted by atomic mass is 15.2. The van der Waals surface area contributed by atoms with Gasteiger partial charge in [-0.25, -0.2) is 0 Å². The first-order valence-corrected chi connectivity index (χ1v) is 40.7. The van der Waals surface area contributed by atoms with E-state index in [9.17, 15) is 19.2 Å². The van der Waals surface area contributed by atoms with Gasteiger partial charge in [0, 0.05) is 77.9 Å². The van der Waals surface area contributed by atoms with Crippen molar-refractivity contribution in [3.05, 3.63) is 405 Å². The summed E-state index contributed by atoms with van der Waals surface area (Å²) in [7, 11) is 0. The van der Waals surface area contributed by atoms with Crippen LogP contribution in [0.25, 0.3) is 165 Å². The molecule has 0 unspecified atom stereocenters. The Hall–Kier alpha value is -14.5. The topological polar surface area (TPSA) is 16.3 Å². The summed E-state index contributed by atoms with van der Waals surface area (Å²) in [6.45, 7) is 12.6. The van der Waals surface area contributed by atoms with Crippen LogP contribution < -0.4 is 26.2 Å². The maximum Gasteiger partial charge on any atom is 0.252 e. The molecule has 0 N–H and O–H groups in total. The molecule has 0 atom stereocenters. The first-order chi connectivity index (χ1) is 64.2. The molecular weight excluding hydrogens is 1440 g/mol. The monoisotopic (exact) mass is 1530 g/mol. The minimum absolute atomic E-state index is 0.0169. The van der Waals surface area contributed by atoms with E-state index in [1.807, 2.05) is 48.5 Å². The van der Waals surface area contributed by atoms with Crippen molar-refractivity contribution in [1.29, 1.82) is 0 Å². The molecule has 0 bridgehead atoms. The Morgan fingerprint density at radius 3 is 1.04 bits per heavy atom. The summed E-state index contributed by atoms with van der Waals surface area (Å²) >= 11 is 0. The molecule has 2 aliphatic heterocycles. The molecule has 0 spiro atoms. The highest BCUT2D eigenvalue weighted by molar-refractivity contribution is 7.00. The Morgan fingerprint density at radius 2 is 0.613 bits per heavy atom. The van der Waals surface area contributed by atoms with E-state index in [2.05, 4.69) is 276 Å². The second-order valence-corrected chi connectivity index (χ2v) is 33.6. The number of fused-ring (bicyclic) bond motifs is 16. The van der Waals surface area contributed by atoms with Gasteiger partial charge >= 0.3 is 0 Å². The fourth-order valence-electron chi connectivity index (χ4n) is 19.0. The molecular formula is C114H83BN4. The Bertz CT molecular complexity index is 8460. The van der Waals surface area contributed by atoms with Crippen molar-refractivity contribution in [3.8, 4) is 78.1 Å². The standard InChI is InChI=1S/C114H83BN4/c1-113(2,3)80-66-94(74-36-15-9-16-37-74)112(95(67-80)75-38-17-10-18-39-75)119-107-71-83(117-103-53-30-28-49-91(103)99-63-77(55-61-105(99)117)73-34-13-8-14-35-73)57-59-101(107)115-100-58-56-82(116-102-52-29-27-48-90(102)98-62-76(54-60-104(98)116)72-32-11-7-12-33-72)70-106(100)118(108-68-81(114(4,5)6)69-109(119)110(108)115)111-92(96-64-78-40-19-21-42-84(78)86-44-23-25-46-88(86)96)50-31-51-93(111)97-65-79-41-20-22-43-85(79)87-45-24-26-47-89(87)97/h7-71H,1-6H3/i27D,28D,29D,30D,48D,49D,52D,53D,54D,55D,60D,61D,62D,63D. The number of anilines is 6. The quantitative estimate of drug-likeness (QED) is 0.100. The van der Waals surface area contributed by atoms with Gasteiger partial charge in [0.2, 0.25) is 0 Å². The summed E-state index contributed by atoms with van der Waals surface area (Å²) in [5.41, 5.74) is 17.1. The van der Waals surface area contributed by atoms with Gasteiger partial charge in [-0.05, 0) is 223 Å². The first kappa shape index (κ1) is 56.7. The van der Waals surface area contributed by atoms with Crippen LogP contribution in [0.1, 0.15) is 71.9 Å². The summed E-state index contributed by atoms with van der Waals surface area (Å²) in [4.78, 5) is 4.84. The van der Waals surface area contributed by atoms with Crippen LogP contribution in [-0.2, 0) is 10.8 Å². The fraction of sp³-hybridized carbons (Fsp3) is 0.0702. The molecule has 4 nitrogen and oxygen atoms in total. The van der Waals surface area contributed by atoms with E-state index in [-0.39, 0.29) is 91.0 Å². The summed E-state index contributed by atoms with van der Waals surface area (Å²) in [5.74, 6) is 0. The number of rotatable bonds is 10. The number of para-hydroxylation sites is 3. The van der Waals surface area contributed by atoms with Crippen LogP contribution in [0.3, 0.4) is 0 Å². The number of hydrogen-bond donors (Lipinski definition) is 0. The lowest BCUT2D eigenvalue weighted by atomic mass is 9.33. The van der Waals surface area contributed by atoms with E-state index < -0.39 is 65.9 Å². The first-order valence-electron chi connectivity index (χ1n) is 47.7. The number of hydrogen-bond acceptors (Lipinski definition) is 2. The molecule has 0 aliphatic carbocycles. The Balaban J connectivity index is 0.934. The van der Waals surface area contributed by atoms with Crippen LogP contribution in [-0.4, -0.2) is 15.8 Å².